The number of anilines is 2. The van der Waals surface area contributed by atoms with Crippen molar-refractivity contribution >= 4 is 23.2 Å². The van der Waals surface area contributed by atoms with Gasteiger partial charge in [0.1, 0.15) is 5.75 Å². The van der Waals surface area contributed by atoms with Crippen LogP contribution in [0.25, 0.3) is 0 Å². The smallest absolute Gasteiger partial charge is 0.267 e. The topological polar surface area (TPSA) is 71.1 Å². The van der Waals surface area contributed by atoms with Crippen LogP contribution in [0.1, 0.15) is 20.8 Å². The second kappa shape index (κ2) is 6.65. The van der Waals surface area contributed by atoms with Crippen molar-refractivity contribution in [2.45, 2.75) is 32.4 Å². The minimum Gasteiger partial charge on any atom is -0.479 e. The van der Waals surface area contributed by atoms with Crippen molar-refractivity contribution in [1.29, 1.82) is 0 Å². The minimum absolute atomic E-state index is 0.0894. The highest BCUT2D eigenvalue weighted by Crippen LogP contribution is 2.35. The molecule has 2 heterocycles. The molecular weight excluding hydrogens is 322 g/mol. The summed E-state index contributed by atoms with van der Waals surface area (Å²) in [6.07, 6.45) is -0.502. The molecule has 1 aromatic carbocycles. The number of carbonyl (C=O) groups excluding carboxylic acids is 2. The van der Waals surface area contributed by atoms with E-state index in [2.05, 4.69) is 10.2 Å². The Morgan fingerprint density at radius 2 is 1.96 bits per heavy atom. The van der Waals surface area contributed by atoms with Crippen molar-refractivity contribution in [2.24, 2.45) is 0 Å². The highest BCUT2D eigenvalue weighted by Gasteiger charge is 2.36. The molecule has 0 radical (unpaired) electrons. The first-order valence-electron chi connectivity index (χ1n) is 8.53. The van der Waals surface area contributed by atoms with E-state index in [1.165, 1.54) is 0 Å². The van der Waals surface area contributed by atoms with Gasteiger partial charge < -0.3 is 19.7 Å². The Kier molecular flexibility index (Phi) is 4.71. The van der Waals surface area contributed by atoms with Gasteiger partial charge in [-0.15, -0.1) is 0 Å². The highest BCUT2D eigenvalue weighted by molar-refractivity contribution is 6.02. The van der Waals surface area contributed by atoms with Crippen LogP contribution in [-0.2, 0) is 14.3 Å². The third-order valence-corrected chi connectivity index (χ3v) is 4.92. The van der Waals surface area contributed by atoms with Crippen LogP contribution < -0.4 is 15.0 Å². The second-order valence-electron chi connectivity index (χ2n) is 6.95. The molecule has 1 fully saturated rings. The Hall–Kier alpha value is -2.12. The van der Waals surface area contributed by atoms with Gasteiger partial charge in [-0.3, -0.25) is 14.5 Å². The summed E-state index contributed by atoms with van der Waals surface area (Å²) < 4.78 is 11.0. The van der Waals surface area contributed by atoms with E-state index in [4.69, 9.17) is 9.47 Å². The number of likely N-dealkylation sites (N-methyl/N-ethyl adjacent to an activating group) is 1. The molecule has 136 valence electrons. The van der Waals surface area contributed by atoms with Crippen LogP contribution >= 0.6 is 0 Å². The summed E-state index contributed by atoms with van der Waals surface area (Å²) in [6.45, 7) is 8.28. The number of hydrogen-bond donors (Lipinski definition) is 1. The molecule has 2 aliphatic heterocycles. The van der Waals surface area contributed by atoms with Gasteiger partial charge in [-0.25, -0.2) is 0 Å². The molecule has 1 N–H and O–H groups in total. The van der Waals surface area contributed by atoms with E-state index in [9.17, 15) is 9.59 Å². The van der Waals surface area contributed by atoms with Crippen LogP contribution in [0, 0.1) is 0 Å². The van der Waals surface area contributed by atoms with Crippen molar-refractivity contribution in [1.82, 2.24) is 4.90 Å². The molecule has 2 amide bonds. The lowest BCUT2D eigenvalue weighted by Crippen LogP contribution is -2.56. The molecule has 1 saturated heterocycles. The number of nitrogens with zero attached hydrogens (tertiary/aromatic N) is 2. The molecule has 1 aromatic rings. The Labute approximate surface area is 147 Å². The van der Waals surface area contributed by atoms with E-state index in [-0.39, 0.29) is 11.8 Å². The zero-order chi connectivity index (χ0) is 18.2. The molecular formula is C18H25N3O4. The molecule has 1 unspecified atom stereocenters. The van der Waals surface area contributed by atoms with Gasteiger partial charge >= 0.3 is 0 Å². The molecule has 1 atom stereocenters. The number of amides is 2. The molecule has 2 aliphatic rings. The van der Waals surface area contributed by atoms with Crippen LogP contribution in [0.4, 0.5) is 11.4 Å². The SMILES string of the molecule is CC1Oc2ccc(NC(=O)C(C)(C)N3CCOCC3)cc2N(C)C1=O. The molecule has 25 heavy (non-hydrogen) atoms. The van der Waals surface area contributed by atoms with Crippen molar-refractivity contribution in [2.75, 3.05) is 43.6 Å². The normalized spacial score (nSPS) is 21.5. The predicted octanol–water partition coefficient (Wildman–Crippen LogP) is 1.48. The largest absolute Gasteiger partial charge is 0.479 e. The highest BCUT2D eigenvalue weighted by atomic mass is 16.5. The first-order chi connectivity index (χ1) is 11.8. The molecule has 0 saturated carbocycles. The van der Waals surface area contributed by atoms with Crippen LogP contribution in [0.2, 0.25) is 0 Å². The predicted molar refractivity (Wildman–Crippen MR) is 95.0 cm³/mol. The summed E-state index contributed by atoms with van der Waals surface area (Å²) in [5.74, 6) is 0.443. The van der Waals surface area contributed by atoms with Gasteiger partial charge in [0, 0.05) is 25.8 Å². The Balaban J connectivity index is 1.77. The number of hydrogen-bond acceptors (Lipinski definition) is 5. The zero-order valence-electron chi connectivity index (χ0n) is 15.2. The lowest BCUT2D eigenvalue weighted by molar-refractivity contribution is -0.129. The summed E-state index contributed by atoms with van der Waals surface area (Å²) in [4.78, 5) is 28.6. The number of nitrogens with one attached hydrogen (secondary N) is 1. The number of fused-ring (bicyclic) bond motifs is 1. The summed E-state index contributed by atoms with van der Waals surface area (Å²) in [7, 11) is 1.71. The summed E-state index contributed by atoms with van der Waals surface area (Å²) >= 11 is 0. The fourth-order valence-corrected chi connectivity index (χ4v) is 3.14. The summed E-state index contributed by atoms with van der Waals surface area (Å²) in [6, 6.07) is 5.35. The number of benzene rings is 1. The van der Waals surface area contributed by atoms with Crippen LogP contribution in [-0.4, -0.2) is 61.7 Å². The Morgan fingerprint density at radius 3 is 2.64 bits per heavy atom. The maximum Gasteiger partial charge on any atom is 0.267 e. The van der Waals surface area contributed by atoms with Gasteiger partial charge in [0.05, 0.1) is 24.4 Å². The van der Waals surface area contributed by atoms with Crippen LogP contribution in [0.5, 0.6) is 5.75 Å². The van der Waals surface area contributed by atoms with Gasteiger partial charge in [-0.2, -0.15) is 0 Å². The van der Waals surface area contributed by atoms with E-state index >= 15 is 0 Å². The average molecular weight is 347 g/mol. The number of carbonyl (C=O) groups is 2. The third-order valence-electron chi connectivity index (χ3n) is 4.92. The van der Waals surface area contributed by atoms with Gasteiger partial charge in [0.25, 0.3) is 5.91 Å². The first-order valence-corrected chi connectivity index (χ1v) is 8.53. The standard InChI is InChI=1S/C18H25N3O4/c1-12-16(22)20(4)14-11-13(5-6-15(14)25-12)19-17(23)18(2,3)21-7-9-24-10-8-21/h5-6,11-12H,7-10H2,1-4H3,(H,19,23). The number of rotatable bonds is 3. The zero-order valence-corrected chi connectivity index (χ0v) is 15.2. The van der Waals surface area contributed by atoms with Crippen molar-refractivity contribution in [3.63, 3.8) is 0 Å². The molecule has 0 bridgehead atoms. The summed E-state index contributed by atoms with van der Waals surface area (Å²) in [5, 5.41) is 2.96. The molecule has 7 nitrogen and oxygen atoms in total. The fraction of sp³-hybridized carbons (Fsp3) is 0.556. The number of morpholine rings is 1. The maximum absolute atomic E-state index is 12.8. The van der Waals surface area contributed by atoms with Crippen LogP contribution in [0.3, 0.4) is 0 Å². The van der Waals surface area contributed by atoms with Crippen molar-refractivity contribution in [3.8, 4) is 5.75 Å². The molecule has 0 spiro atoms. The number of ether oxygens (including phenoxy) is 2. The van der Waals surface area contributed by atoms with E-state index < -0.39 is 11.6 Å². The monoisotopic (exact) mass is 347 g/mol. The lowest BCUT2D eigenvalue weighted by Gasteiger charge is -2.39. The van der Waals surface area contributed by atoms with Gasteiger partial charge in [-0.05, 0) is 39.0 Å². The van der Waals surface area contributed by atoms with Crippen molar-refractivity contribution in [3.05, 3.63) is 18.2 Å². The Bertz CT molecular complexity index is 683. The van der Waals surface area contributed by atoms with E-state index in [0.717, 1.165) is 13.1 Å². The van der Waals surface area contributed by atoms with Gasteiger partial charge in [-0.1, -0.05) is 0 Å². The Morgan fingerprint density at radius 1 is 1.28 bits per heavy atom. The van der Waals surface area contributed by atoms with E-state index in [1.807, 2.05) is 13.8 Å². The third kappa shape index (κ3) is 3.34. The van der Waals surface area contributed by atoms with Gasteiger partial charge in [0.15, 0.2) is 6.10 Å². The molecule has 0 aliphatic carbocycles. The molecule has 3 rings (SSSR count). The molecule has 0 aromatic heterocycles. The summed E-state index contributed by atoms with van der Waals surface area (Å²) in [5.41, 5.74) is 0.653. The van der Waals surface area contributed by atoms with E-state index in [0.29, 0.717) is 30.3 Å². The van der Waals surface area contributed by atoms with Crippen LogP contribution in [0.15, 0.2) is 18.2 Å². The van der Waals surface area contributed by atoms with E-state index in [1.54, 1.807) is 37.1 Å². The average Bonchev–Trinajstić information content (AvgIpc) is 2.61. The quantitative estimate of drug-likeness (QED) is 0.897. The van der Waals surface area contributed by atoms with Crippen molar-refractivity contribution < 1.29 is 19.1 Å². The van der Waals surface area contributed by atoms with Gasteiger partial charge in [0.2, 0.25) is 5.91 Å². The molecule has 7 heteroatoms. The first kappa shape index (κ1) is 17.7. The second-order valence-corrected chi connectivity index (χ2v) is 6.95. The fourth-order valence-electron chi connectivity index (χ4n) is 3.14. The minimum atomic E-state index is -0.646. The maximum atomic E-state index is 12.8. The lowest BCUT2D eigenvalue weighted by atomic mass is 10.0.